The van der Waals surface area contributed by atoms with Gasteiger partial charge in [-0.1, -0.05) is 33.6 Å². The average molecular weight is 264 g/mol. The molecule has 0 spiro atoms. The lowest BCUT2D eigenvalue weighted by atomic mass is 10.0. The van der Waals surface area contributed by atoms with E-state index < -0.39 is 6.10 Å². The molecule has 1 aromatic rings. The van der Waals surface area contributed by atoms with Crippen LogP contribution in [-0.2, 0) is 0 Å². The van der Waals surface area contributed by atoms with Crippen LogP contribution in [0.4, 0.5) is 0 Å². The molecule has 0 saturated heterocycles. The molecule has 1 aliphatic heterocycles. The van der Waals surface area contributed by atoms with Gasteiger partial charge in [0.15, 0.2) is 0 Å². The van der Waals surface area contributed by atoms with E-state index in [4.69, 9.17) is 16.3 Å². The van der Waals surface area contributed by atoms with Crippen molar-refractivity contribution in [3.8, 4) is 5.75 Å². The van der Waals surface area contributed by atoms with E-state index in [0.717, 1.165) is 5.56 Å². The lowest BCUT2D eigenvalue weighted by Crippen LogP contribution is -2.25. The van der Waals surface area contributed by atoms with Gasteiger partial charge in [0, 0.05) is 10.6 Å². The van der Waals surface area contributed by atoms with Crippen LogP contribution in [0.1, 0.15) is 11.7 Å². The van der Waals surface area contributed by atoms with Crippen LogP contribution < -0.4 is 4.74 Å². The van der Waals surface area contributed by atoms with Gasteiger partial charge in [0.2, 0.25) is 0 Å². The molecule has 0 saturated carbocycles. The maximum Gasteiger partial charge on any atom is 0.126 e. The highest BCUT2D eigenvalue weighted by molar-refractivity contribution is 9.09. The molecule has 1 heterocycles. The standard InChI is InChI=1S/C9H8BrClO2/c10-7-4-13-8-3-5(11)1-2-6(8)9(7)12/h1-3,7,9,12H,4H2. The summed E-state index contributed by atoms with van der Waals surface area (Å²) in [5, 5.41) is 10.4. The Bertz CT molecular complexity index is 329. The topological polar surface area (TPSA) is 29.5 Å². The first-order valence-corrected chi connectivity index (χ1v) is 5.22. The van der Waals surface area contributed by atoms with Gasteiger partial charge in [-0.15, -0.1) is 0 Å². The molecule has 2 atom stereocenters. The van der Waals surface area contributed by atoms with Gasteiger partial charge in [0.25, 0.3) is 0 Å². The summed E-state index contributed by atoms with van der Waals surface area (Å²) in [6.07, 6.45) is -0.513. The fourth-order valence-corrected chi connectivity index (χ4v) is 1.91. The molecular formula is C9H8BrClO2. The number of alkyl halides is 1. The van der Waals surface area contributed by atoms with Crippen molar-refractivity contribution in [2.24, 2.45) is 0 Å². The van der Waals surface area contributed by atoms with Crippen LogP contribution in [-0.4, -0.2) is 16.5 Å². The SMILES string of the molecule is OC1c2ccc(Cl)cc2OCC1Br. The summed E-state index contributed by atoms with van der Waals surface area (Å²) in [6, 6.07) is 5.26. The number of aliphatic hydroxyl groups excluding tert-OH is 1. The lowest BCUT2D eigenvalue weighted by Gasteiger charge is -2.26. The molecule has 1 aliphatic rings. The maximum atomic E-state index is 9.75. The molecule has 0 bridgehead atoms. The van der Waals surface area contributed by atoms with Crippen LogP contribution in [0, 0.1) is 0 Å². The van der Waals surface area contributed by atoms with Crippen LogP contribution in [0.15, 0.2) is 18.2 Å². The molecule has 0 amide bonds. The Labute approximate surface area is 89.6 Å². The first kappa shape index (κ1) is 9.31. The van der Waals surface area contributed by atoms with E-state index in [9.17, 15) is 5.11 Å². The second-order valence-electron chi connectivity index (χ2n) is 2.95. The third kappa shape index (κ3) is 1.68. The van der Waals surface area contributed by atoms with Crippen molar-refractivity contribution >= 4 is 27.5 Å². The normalized spacial score (nSPS) is 26.4. The fourth-order valence-electron chi connectivity index (χ4n) is 1.33. The van der Waals surface area contributed by atoms with E-state index in [2.05, 4.69) is 15.9 Å². The monoisotopic (exact) mass is 262 g/mol. The minimum Gasteiger partial charge on any atom is -0.492 e. The van der Waals surface area contributed by atoms with Crippen LogP contribution >= 0.6 is 27.5 Å². The van der Waals surface area contributed by atoms with E-state index in [1.807, 2.05) is 0 Å². The van der Waals surface area contributed by atoms with E-state index in [-0.39, 0.29) is 4.83 Å². The molecule has 4 heteroatoms. The fraction of sp³-hybridized carbons (Fsp3) is 0.333. The zero-order chi connectivity index (χ0) is 9.42. The van der Waals surface area contributed by atoms with E-state index in [1.165, 1.54) is 0 Å². The number of halogens is 2. The van der Waals surface area contributed by atoms with Gasteiger partial charge in [-0.3, -0.25) is 0 Å². The summed E-state index contributed by atoms with van der Waals surface area (Å²) in [6.45, 7) is 0.467. The maximum absolute atomic E-state index is 9.75. The summed E-state index contributed by atoms with van der Waals surface area (Å²) in [5.74, 6) is 0.677. The minimum absolute atomic E-state index is 0.0406. The zero-order valence-electron chi connectivity index (χ0n) is 6.71. The molecular weight excluding hydrogens is 255 g/mol. The Morgan fingerprint density at radius 1 is 1.54 bits per heavy atom. The predicted molar refractivity (Wildman–Crippen MR) is 54.6 cm³/mol. The first-order valence-electron chi connectivity index (χ1n) is 3.93. The highest BCUT2D eigenvalue weighted by Gasteiger charge is 2.27. The Kier molecular flexibility index (Phi) is 2.49. The molecule has 2 nitrogen and oxygen atoms in total. The van der Waals surface area contributed by atoms with Crippen molar-refractivity contribution in [3.05, 3.63) is 28.8 Å². The molecule has 0 aromatic heterocycles. The zero-order valence-corrected chi connectivity index (χ0v) is 9.05. The molecule has 0 aliphatic carbocycles. The molecule has 0 radical (unpaired) electrons. The molecule has 2 rings (SSSR count). The van der Waals surface area contributed by atoms with Crippen molar-refractivity contribution in [2.45, 2.75) is 10.9 Å². The number of rotatable bonds is 0. The second kappa shape index (κ2) is 3.48. The van der Waals surface area contributed by atoms with Gasteiger partial charge in [-0.05, 0) is 12.1 Å². The van der Waals surface area contributed by atoms with Crippen molar-refractivity contribution in [2.75, 3.05) is 6.61 Å². The van der Waals surface area contributed by atoms with Crippen molar-refractivity contribution in [1.82, 2.24) is 0 Å². The van der Waals surface area contributed by atoms with Gasteiger partial charge in [0.05, 0.1) is 10.9 Å². The minimum atomic E-state index is -0.513. The first-order chi connectivity index (χ1) is 6.18. The Balaban J connectivity index is 2.44. The largest absolute Gasteiger partial charge is 0.492 e. The third-order valence-electron chi connectivity index (χ3n) is 2.03. The Hall–Kier alpha value is -0.250. The predicted octanol–water partition coefficient (Wildman–Crippen LogP) is 2.53. The summed E-state index contributed by atoms with van der Waals surface area (Å²) in [7, 11) is 0. The molecule has 2 unspecified atom stereocenters. The molecule has 1 N–H and O–H groups in total. The Morgan fingerprint density at radius 2 is 2.31 bits per heavy atom. The summed E-state index contributed by atoms with van der Waals surface area (Å²) in [4.78, 5) is -0.0406. The molecule has 0 fully saturated rings. The highest BCUT2D eigenvalue weighted by atomic mass is 79.9. The van der Waals surface area contributed by atoms with E-state index >= 15 is 0 Å². The number of fused-ring (bicyclic) bond motifs is 1. The average Bonchev–Trinajstić information content (AvgIpc) is 2.12. The van der Waals surface area contributed by atoms with Gasteiger partial charge in [-0.2, -0.15) is 0 Å². The highest BCUT2D eigenvalue weighted by Crippen LogP contribution is 2.36. The number of hydrogen-bond donors (Lipinski definition) is 1. The third-order valence-corrected chi connectivity index (χ3v) is 3.04. The number of aliphatic hydroxyl groups is 1. The van der Waals surface area contributed by atoms with Gasteiger partial charge < -0.3 is 9.84 Å². The quantitative estimate of drug-likeness (QED) is 0.729. The Morgan fingerprint density at radius 3 is 3.08 bits per heavy atom. The van der Waals surface area contributed by atoms with Gasteiger partial charge in [0.1, 0.15) is 12.4 Å². The summed E-state index contributed by atoms with van der Waals surface area (Å²) in [5.41, 5.74) is 0.789. The molecule has 13 heavy (non-hydrogen) atoms. The smallest absolute Gasteiger partial charge is 0.126 e. The van der Waals surface area contributed by atoms with E-state index in [1.54, 1.807) is 18.2 Å². The second-order valence-corrected chi connectivity index (χ2v) is 4.57. The number of benzene rings is 1. The number of hydrogen-bond acceptors (Lipinski definition) is 2. The summed E-state index contributed by atoms with van der Waals surface area (Å²) < 4.78 is 5.40. The molecule has 1 aromatic carbocycles. The molecule has 70 valence electrons. The van der Waals surface area contributed by atoms with Crippen LogP contribution in [0.2, 0.25) is 5.02 Å². The van der Waals surface area contributed by atoms with Crippen molar-refractivity contribution < 1.29 is 9.84 Å². The van der Waals surface area contributed by atoms with Gasteiger partial charge in [-0.25, -0.2) is 0 Å². The van der Waals surface area contributed by atoms with Crippen LogP contribution in [0.25, 0.3) is 0 Å². The van der Waals surface area contributed by atoms with Crippen molar-refractivity contribution in [1.29, 1.82) is 0 Å². The van der Waals surface area contributed by atoms with Crippen LogP contribution in [0.3, 0.4) is 0 Å². The lowest BCUT2D eigenvalue weighted by molar-refractivity contribution is 0.125. The van der Waals surface area contributed by atoms with Crippen molar-refractivity contribution in [3.63, 3.8) is 0 Å². The van der Waals surface area contributed by atoms with E-state index in [0.29, 0.717) is 17.4 Å². The number of ether oxygens (including phenoxy) is 1. The summed E-state index contributed by atoms with van der Waals surface area (Å²) >= 11 is 9.12. The van der Waals surface area contributed by atoms with Gasteiger partial charge >= 0.3 is 0 Å². The van der Waals surface area contributed by atoms with Crippen LogP contribution in [0.5, 0.6) is 5.75 Å².